The molecule has 0 saturated carbocycles. The molecule has 0 unspecified atom stereocenters. The lowest BCUT2D eigenvalue weighted by atomic mass is 10.2. The minimum Gasteiger partial charge on any atom is -0.369 e. The second-order valence-corrected chi connectivity index (χ2v) is 4.39. The molecule has 2 aromatic rings. The summed E-state index contributed by atoms with van der Waals surface area (Å²) in [4.78, 5) is 12.6. The van der Waals surface area contributed by atoms with Gasteiger partial charge in [0, 0.05) is 17.1 Å². The van der Waals surface area contributed by atoms with Gasteiger partial charge in [-0.3, -0.25) is 0 Å². The minimum atomic E-state index is 0.277. The summed E-state index contributed by atoms with van der Waals surface area (Å²) in [5, 5.41) is 3.05. The maximum Gasteiger partial charge on any atom is 0.253 e. The lowest BCUT2D eigenvalue weighted by Crippen LogP contribution is -2.22. The summed E-state index contributed by atoms with van der Waals surface area (Å²) in [7, 11) is 0. The predicted molar refractivity (Wildman–Crippen MR) is 77.6 cm³/mol. The second kappa shape index (κ2) is 5.48. The first-order valence-corrected chi connectivity index (χ1v) is 6.04. The van der Waals surface area contributed by atoms with Crippen LogP contribution < -0.4 is 11.1 Å². The molecule has 0 saturated heterocycles. The molecule has 0 atom stereocenters. The normalized spacial score (nSPS) is 11.4. The number of nitrogens with zero attached hydrogens (tertiary/aromatic N) is 3. The zero-order chi connectivity index (χ0) is 13.8. The van der Waals surface area contributed by atoms with Gasteiger partial charge in [-0.25, -0.2) is 9.97 Å². The van der Waals surface area contributed by atoms with Gasteiger partial charge in [0.05, 0.1) is 0 Å². The highest BCUT2D eigenvalue weighted by Gasteiger charge is 2.01. The molecular formula is C14H17N5. The SMILES string of the molecule is Cc1cc(C)nc(N=C(N)Nc2ccccc2C)n1. The Morgan fingerprint density at radius 3 is 2.37 bits per heavy atom. The van der Waals surface area contributed by atoms with E-state index >= 15 is 0 Å². The van der Waals surface area contributed by atoms with Gasteiger partial charge in [-0.05, 0) is 38.5 Å². The van der Waals surface area contributed by atoms with E-state index in [2.05, 4.69) is 20.3 Å². The van der Waals surface area contributed by atoms with E-state index < -0.39 is 0 Å². The van der Waals surface area contributed by atoms with E-state index in [1.807, 2.05) is 51.1 Å². The number of hydrogen-bond acceptors (Lipinski definition) is 3. The first-order chi connectivity index (χ1) is 9.04. The van der Waals surface area contributed by atoms with E-state index in [4.69, 9.17) is 5.73 Å². The van der Waals surface area contributed by atoms with Gasteiger partial charge in [0.2, 0.25) is 5.96 Å². The molecule has 0 bridgehead atoms. The Hall–Kier alpha value is -2.43. The topological polar surface area (TPSA) is 76.2 Å². The number of guanidine groups is 1. The summed E-state index contributed by atoms with van der Waals surface area (Å²) in [5.74, 6) is 0.649. The zero-order valence-electron chi connectivity index (χ0n) is 11.3. The molecule has 5 heteroatoms. The summed E-state index contributed by atoms with van der Waals surface area (Å²) in [6, 6.07) is 9.75. The van der Waals surface area contributed by atoms with Crippen LogP contribution in [0.4, 0.5) is 11.6 Å². The predicted octanol–water partition coefficient (Wildman–Crippen LogP) is 2.46. The van der Waals surface area contributed by atoms with Crippen molar-refractivity contribution in [2.75, 3.05) is 5.32 Å². The van der Waals surface area contributed by atoms with E-state index in [0.29, 0.717) is 5.95 Å². The number of rotatable bonds is 2. The van der Waals surface area contributed by atoms with E-state index in [1.54, 1.807) is 0 Å². The number of aliphatic imine (C=N–C) groups is 1. The molecule has 19 heavy (non-hydrogen) atoms. The molecular weight excluding hydrogens is 238 g/mol. The van der Waals surface area contributed by atoms with Crippen molar-refractivity contribution in [2.24, 2.45) is 10.7 Å². The van der Waals surface area contributed by atoms with Crippen LogP contribution in [0.3, 0.4) is 0 Å². The average molecular weight is 255 g/mol. The van der Waals surface area contributed by atoms with Crippen LogP contribution in [0.2, 0.25) is 0 Å². The molecule has 2 rings (SSSR count). The average Bonchev–Trinajstić information content (AvgIpc) is 2.30. The van der Waals surface area contributed by atoms with Crippen molar-refractivity contribution in [1.29, 1.82) is 0 Å². The van der Waals surface area contributed by atoms with Crippen molar-refractivity contribution >= 4 is 17.6 Å². The van der Waals surface area contributed by atoms with Gasteiger partial charge in [-0.2, -0.15) is 4.99 Å². The first-order valence-electron chi connectivity index (χ1n) is 6.04. The van der Waals surface area contributed by atoms with Crippen molar-refractivity contribution in [2.45, 2.75) is 20.8 Å². The molecule has 1 heterocycles. The van der Waals surface area contributed by atoms with Crippen LogP contribution >= 0.6 is 0 Å². The molecule has 1 aromatic carbocycles. The number of para-hydroxylation sites is 1. The first kappa shape index (κ1) is 13.0. The molecule has 0 aliphatic heterocycles. The third-order valence-electron chi connectivity index (χ3n) is 2.60. The van der Waals surface area contributed by atoms with Crippen molar-refractivity contribution in [1.82, 2.24) is 9.97 Å². The van der Waals surface area contributed by atoms with E-state index in [0.717, 1.165) is 22.6 Å². The molecule has 0 radical (unpaired) electrons. The fourth-order valence-electron chi connectivity index (χ4n) is 1.74. The van der Waals surface area contributed by atoms with Crippen molar-refractivity contribution in [3.63, 3.8) is 0 Å². The Labute approximate surface area is 112 Å². The van der Waals surface area contributed by atoms with Crippen LogP contribution in [-0.4, -0.2) is 15.9 Å². The summed E-state index contributed by atoms with van der Waals surface area (Å²) in [6.45, 7) is 5.81. The summed E-state index contributed by atoms with van der Waals surface area (Å²) < 4.78 is 0. The maximum absolute atomic E-state index is 5.87. The Morgan fingerprint density at radius 2 is 1.74 bits per heavy atom. The van der Waals surface area contributed by atoms with Crippen molar-refractivity contribution in [3.05, 3.63) is 47.3 Å². The Bertz CT molecular complexity index is 599. The molecule has 1 aromatic heterocycles. The molecule has 98 valence electrons. The monoisotopic (exact) mass is 255 g/mol. The molecule has 0 aliphatic carbocycles. The van der Waals surface area contributed by atoms with E-state index in [1.165, 1.54) is 0 Å². The Morgan fingerprint density at radius 1 is 1.11 bits per heavy atom. The van der Waals surface area contributed by atoms with Crippen molar-refractivity contribution < 1.29 is 0 Å². The highest BCUT2D eigenvalue weighted by atomic mass is 15.2. The minimum absolute atomic E-state index is 0.277. The number of hydrogen-bond donors (Lipinski definition) is 2. The zero-order valence-corrected chi connectivity index (χ0v) is 11.3. The van der Waals surface area contributed by atoms with Gasteiger partial charge in [-0.15, -0.1) is 0 Å². The summed E-state index contributed by atoms with van der Waals surface area (Å²) >= 11 is 0. The van der Waals surface area contributed by atoms with Gasteiger partial charge in [-0.1, -0.05) is 18.2 Å². The molecule has 3 N–H and O–H groups in total. The highest BCUT2D eigenvalue weighted by Crippen LogP contribution is 2.13. The third kappa shape index (κ3) is 3.51. The fourth-order valence-corrected chi connectivity index (χ4v) is 1.74. The van der Waals surface area contributed by atoms with Crippen molar-refractivity contribution in [3.8, 4) is 0 Å². The molecule has 0 aliphatic rings. The summed E-state index contributed by atoms with van der Waals surface area (Å²) in [6.07, 6.45) is 0. The van der Waals surface area contributed by atoms with Crippen LogP contribution in [0.1, 0.15) is 17.0 Å². The molecule has 0 fully saturated rings. The van der Waals surface area contributed by atoms with Crippen LogP contribution in [0.15, 0.2) is 35.3 Å². The maximum atomic E-state index is 5.87. The van der Waals surface area contributed by atoms with Gasteiger partial charge >= 0.3 is 0 Å². The lowest BCUT2D eigenvalue weighted by Gasteiger charge is -2.08. The quantitative estimate of drug-likeness (QED) is 0.638. The number of nitrogens with two attached hydrogens (primary N) is 1. The molecule has 0 spiro atoms. The standard InChI is InChI=1S/C14H17N5/c1-9-6-4-5-7-12(9)18-13(15)19-14-16-10(2)8-11(3)17-14/h4-8H,1-3H3,(H3,15,16,17,18,19). The van der Waals surface area contributed by atoms with Gasteiger partial charge < -0.3 is 11.1 Å². The van der Waals surface area contributed by atoms with Crippen LogP contribution in [-0.2, 0) is 0 Å². The number of aryl methyl sites for hydroxylation is 3. The van der Waals surface area contributed by atoms with E-state index in [-0.39, 0.29) is 5.96 Å². The van der Waals surface area contributed by atoms with Crippen LogP contribution in [0.25, 0.3) is 0 Å². The largest absolute Gasteiger partial charge is 0.369 e. The Balaban J connectivity index is 2.22. The van der Waals surface area contributed by atoms with Crippen LogP contribution in [0, 0.1) is 20.8 Å². The third-order valence-corrected chi connectivity index (χ3v) is 2.60. The number of aromatic nitrogens is 2. The second-order valence-electron chi connectivity index (χ2n) is 4.39. The van der Waals surface area contributed by atoms with E-state index in [9.17, 15) is 0 Å². The van der Waals surface area contributed by atoms with Gasteiger partial charge in [0.1, 0.15) is 0 Å². The smallest absolute Gasteiger partial charge is 0.253 e. The van der Waals surface area contributed by atoms with Crippen LogP contribution in [0.5, 0.6) is 0 Å². The number of benzene rings is 1. The molecule has 0 amide bonds. The lowest BCUT2D eigenvalue weighted by molar-refractivity contribution is 1.04. The highest BCUT2D eigenvalue weighted by molar-refractivity contribution is 5.94. The van der Waals surface area contributed by atoms with Gasteiger partial charge in [0.25, 0.3) is 5.95 Å². The molecule has 5 nitrogen and oxygen atoms in total. The number of anilines is 1. The Kier molecular flexibility index (Phi) is 3.75. The summed E-state index contributed by atoms with van der Waals surface area (Å²) in [5.41, 5.74) is 9.63. The number of nitrogens with one attached hydrogen (secondary N) is 1. The van der Waals surface area contributed by atoms with Gasteiger partial charge in [0.15, 0.2) is 0 Å². The fraction of sp³-hybridized carbons (Fsp3) is 0.214.